The molecule has 0 aliphatic rings. The topological polar surface area (TPSA) is 36.4 Å². The second-order valence-electron chi connectivity index (χ2n) is 4.92. The Hall–Kier alpha value is -1.87. The molecule has 0 amide bonds. The molecule has 0 bridgehead atoms. The molecule has 1 aromatic carbocycles. The van der Waals surface area contributed by atoms with Crippen LogP contribution in [0.4, 0.5) is 11.5 Å². The Morgan fingerprint density at radius 1 is 1.00 bits per heavy atom. The molecular weight excluding hydrogens is 248 g/mol. The standard InChI is InChI=1S/C17H22N2O/c1-4-13-6-8-16(9-7-13)19(3)17-11-14(12-20)10-15(5-2)18-17/h6-11,20H,4-5,12H2,1-3H3. The summed E-state index contributed by atoms with van der Waals surface area (Å²) in [7, 11) is 2.00. The third-order valence-electron chi connectivity index (χ3n) is 3.55. The van der Waals surface area contributed by atoms with Crippen molar-refractivity contribution in [3.63, 3.8) is 0 Å². The van der Waals surface area contributed by atoms with E-state index in [9.17, 15) is 5.11 Å². The molecule has 0 aliphatic heterocycles. The van der Waals surface area contributed by atoms with E-state index >= 15 is 0 Å². The SMILES string of the molecule is CCc1ccc(N(C)c2cc(CO)cc(CC)n2)cc1. The van der Waals surface area contributed by atoms with Crippen LogP contribution < -0.4 is 4.90 Å². The molecule has 3 nitrogen and oxygen atoms in total. The molecule has 0 fully saturated rings. The lowest BCUT2D eigenvalue weighted by atomic mass is 10.1. The number of nitrogens with zero attached hydrogens (tertiary/aromatic N) is 2. The maximum Gasteiger partial charge on any atom is 0.133 e. The lowest BCUT2D eigenvalue weighted by molar-refractivity contribution is 0.281. The molecule has 0 unspecified atom stereocenters. The maximum absolute atomic E-state index is 9.36. The smallest absolute Gasteiger partial charge is 0.133 e. The first-order valence-corrected chi connectivity index (χ1v) is 7.11. The summed E-state index contributed by atoms with van der Waals surface area (Å²) in [5, 5.41) is 9.36. The number of aromatic nitrogens is 1. The molecule has 1 N–H and O–H groups in total. The molecule has 2 aromatic rings. The summed E-state index contributed by atoms with van der Waals surface area (Å²) < 4.78 is 0. The quantitative estimate of drug-likeness (QED) is 0.903. The molecule has 3 heteroatoms. The minimum atomic E-state index is 0.0468. The van der Waals surface area contributed by atoms with Crippen molar-refractivity contribution in [3.05, 3.63) is 53.2 Å². The van der Waals surface area contributed by atoms with Gasteiger partial charge < -0.3 is 10.0 Å². The van der Waals surface area contributed by atoms with Crippen molar-refractivity contribution in [2.45, 2.75) is 33.3 Å². The number of hydrogen-bond acceptors (Lipinski definition) is 3. The third-order valence-corrected chi connectivity index (χ3v) is 3.55. The first kappa shape index (κ1) is 14.5. The van der Waals surface area contributed by atoms with Gasteiger partial charge >= 0.3 is 0 Å². The van der Waals surface area contributed by atoms with Gasteiger partial charge in [0.1, 0.15) is 5.82 Å². The van der Waals surface area contributed by atoms with E-state index in [-0.39, 0.29) is 6.61 Å². The van der Waals surface area contributed by atoms with Gasteiger partial charge in [0, 0.05) is 18.4 Å². The van der Waals surface area contributed by atoms with Gasteiger partial charge in [0.15, 0.2) is 0 Å². The average Bonchev–Trinajstić information content (AvgIpc) is 2.53. The maximum atomic E-state index is 9.36. The van der Waals surface area contributed by atoms with Gasteiger partial charge in [-0.25, -0.2) is 4.98 Å². The number of aryl methyl sites for hydroxylation is 2. The Morgan fingerprint density at radius 2 is 1.70 bits per heavy atom. The van der Waals surface area contributed by atoms with Crippen LogP contribution in [-0.2, 0) is 19.4 Å². The van der Waals surface area contributed by atoms with Crippen LogP contribution in [0.3, 0.4) is 0 Å². The van der Waals surface area contributed by atoms with E-state index in [1.807, 2.05) is 19.2 Å². The van der Waals surface area contributed by atoms with Crippen LogP contribution in [0.15, 0.2) is 36.4 Å². The molecule has 0 saturated heterocycles. The van der Waals surface area contributed by atoms with Gasteiger partial charge in [0.25, 0.3) is 0 Å². The summed E-state index contributed by atoms with van der Waals surface area (Å²) >= 11 is 0. The van der Waals surface area contributed by atoms with E-state index < -0.39 is 0 Å². The van der Waals surface area contributed by atoms with Crippen molar-refractivity contribution in [2.24, 2.45) is 0 Å². The Morgan fingerprint density at radius 3 is 2.25 bits per heavy atom. The molecule has 0 spiro atoms. The van der Waals surface area contributed by atoms with E-state index in [2.05, 4.69) is 48.0 Å². The Kier molecular flexibility index (Phi) is 4.74. The molecule has 2 rings (SSSR count). The first-order valence-electron chi connectivity index (χ1n) is 7.11. The van der Waals surface area contributed by atoms with E-state index in [4.69, 9.17) is 0 Å². The normalized spacial score (nSPS) is 10.6. The van der Waals surface area contributed by atoms with Crippen molar-refractivity contribution in [3.8, 4) is 0 Å². The zero-order valence-electron chi connectivity index (χ0n) is 12.4. The predicted molar refractivity (Wildman–Crippen MR) is 83.4 cm³/mol. The van der Waals surface area contributed by atoms with E-state index in [1.165, 1.54) is 5.56 Å². The Labute approximate surface area is 120 Å². The number of hydrogen-bond donors (Lipinski definition) is 1. The first-order chi connectivity index (χ1) is 9.67. The monoisotopic (exact) mass is 270 g/mol. The fourth-order valence-electron chi connectivity index (χ4n) is 2.16. The highest BCUT2D eigenvalue weighted by Crippen LogP contribution is 2.24. The van der Waals surface area contributed by atoms with E-state index in [0.29, 0.717) is 0 Å². The summed E-state index contributed by atoms with van der Waals surface area (Å²) in [4.78, 5) is 6.69. The molecule has 1 aromatic heterocycles. The summed E-state index contributed by atoms with van der Waals surface area (Å²) in [6.45, 7) is 4.27. The van der Waals surface area contributed by atoms with Gasteiger partial charge in [0.05, 0.1) is 6.61 Å². The van der Waals surface area contributed by atoms with Crippen LogP contribution in [0.25, 0.3) is 0 Å². The summed E-state index contributed by atoms with van der Waals surface area (Å²) in [5.41, 5.74) is 4.34. The zero-order valence-corrected chi connectivity index (χ0v) is 12.4. The van der Waals surface area contributed by atoms with Gasteiger partial charge in [-0.15, -0.1) is 0 Å². The van der Waals surface area contributed by atoms with Crippen molar-refractivity contribution in [1.29, 1.82) is 0 Å². The number of benzene rings is 1. The minimum Gasteiger partial charge on any atom is -0.392 e. The van der Waals surface area contributed by atoms with Gasteiger partial charge in [0.2, 0.25) is 0 Å². The number of rotatable bonds is 5. The van der Waals surface area contributed by atoms with Crippen molar-refractivity contribution >= 4 is 11.5 Å². The summed E-state index contributed by atoms with van der Waals surface area (Å²) in [5.74, 6) is 0.873. The van der Waals surface area contributed by atoms with Crippen molar-refractivity contribution in [2.75, 3.05) is 11.9 Å². The highest BCUT2D eigenvalue weighted by Gasteiger charge is 2.08. The van der Waals surface area contributed by atoms with Gasteiger partial charge in [-0.1, -0.05) is 26.0 Å². The van der Waals surface area contributed by atoms with Crippen molar-refractivity contribution in [1.82, 2.24) is 4.98 Å². The second-order valence-corrected chi connectivity index (χ2v) is 4.92. The third kappa shape index (κ3) is 3.17. The Balaban J connectivity index is 2.33. The number of aliphatic hydroxyl groups is 1. The van der Waals surface area contributed by atoms with Crippen LogP contribution in [0, 0.1) is 0 Å². The van der Waals surface area contributed by atoms with Crippen LogP contribution in [-0.4, -0.2) is 17.1 Å². The van der Waals surface area contributed by atoms with Gasteiger partial charge in [-0.3, -0.25) is 0 Å². The fraction of sp³-hybridized carbons (Fsp3) is 0.353. The lowest BCUT2D eigenvalue weighted by Gasteiger charge is -2.20. The molecule has 106 valence electrons. The molecule has 0 atom stereocenters. The molecule has 0 saturated carbocycles. The number of aliphatic hydroxyl groups excluding tert-OH is 1. The fourth-order valence-corrected chi connectivity index (χ4v) is 2.16. The summed E-state index contributed by atoms with van der Waals surface area (Å²) in [6.07, 6.45) is 1.91. The van der Waals surface area contributed by atoms with Gasteiger partial charge in [-0.05, 0) is 48.2 Å². The molecule has 0 radical (unpaired) electrons. The molecule has 1 heterocycles. The molecule has 20 heavy (non-hydrogen) atoms. The minimum absolute atomic E-state index is 0.0468. The number of pyridine rings is 1. The molecular formula is C17H22N2O. The van der Waals surface area contributed by atoms with Gasteiger partial charge in [-0.2, -0.15) is 0 Å². The van der Waals surface area contributed by atoms with Crippen LogP contribution in [0.5, 0.6) is 0 Å². The lowest BCUT2D eigenvalue weighted by Crippen LogP contribution is -2.12. The van der Waals surface area contributed by atoms with Crippen molar-refractivity contribution < 1.29 is 5.11 Å². The highest BCUT2D eigenvalue weighted by atomic mass is 16.3. The Bertz CT molecular complexity index is 541. The number of anilines is 2. The zero-order chi connectivity index (χ0) is 14.5. The van der Waals surface area contributed by atoms with E-state index in [1.54, 1.807) is 0 Å². The van der Waals surface area contributed by atoms with E-state index in [0.717, 1.165) is 35.6 Å². The average molecular weight is 270 g/mol. The summed E-state index contributed by atoms with van der Waals surface area (Å²) in [6, 6.07) is 12.4. The second kappa shape index (κ2) is 6.53. The highest BCUT2D eigenvalue weighted by molar-refractivity contribution is 5.60. The van der Waals surface area contributed by atoms with Crippen LogP contribution in [0.2, 0.25) is 0 Å². The van der Waals surface area contributed by atoms with Crippen LogP contribution >= 0.6 is 0 Å². The largest absolute Gasteiger partial charge is 0.392 e. The molecule has 0 aliphatic carbocycles. The van der Waals surface area contributed by atoms with Crippen LogP contribution in [0.1, 0.15) is 30.7 Å². The predicted octanol–water partition coefficient (Wildman–Crippen LogP) is 3.47.